The molecule has 3 aromatic rings. The fraction of sp³-hybridized carbons (Fsp3) is 0.375. The highest BCUT2D eigenvalue weighted by molar-refractivity contribution is 7.90. The molecule has 0 bridgehead atoms. The third kappa shape index (κ3) is 5.15. The number of nitrogens with one attached hydrogen (secondary N) is 2. The number of pyridine rings is 1. The molecule has 0 radical (unpaired) electrons. The third-order valence-corrected chi connectivity index (χ3v) is 7.34. The number of benzene rings is 1. The fourth-order valence-electron chi connectivity index (χ4n) is 4.11. The summed E-state index contributed by atoms with van der Waals surface area (Å²) in [5.74, 6) is -0.415. The average molecular weight is 534 g/mol. The first-order chi connectivity index (χ1) is 17.5. The van der Waals surface area contributed by atoms with E-state index >= 15 is 0 Å². The minimum absolute atomic E-state index is 0.196. The lowest BCUT2D eigenvalue weighted by molar-refractivity contribution is -0.206. The van der Waals surface area contributed by atoms with Gasteiger partial charge in [0.25, 0.3) is 10.0 Å². The van der Waals surface area contributed by atoms with Crippen molar-refractivity contribution in [3.8, 4) is 17.0 Å². The van der Waals surface area contributed by atoms with Crippen LogP contribution in [-0.2, 0) is 32.1 Å². The summed E-state index contributed by atoms with van der Waals surface area (Å²) in [6, 6.07) is 6.08. The number of nitrogens with zero attached hydrogens (tertiary/aromatic N) is 3. The van der Waals surface area contributed by atoms with Crippen molar-refractivity contribution in [2.24, 2.45) is 7.05 Å². The predicted octanol–water partition coefficient (Wildman–Crippen LogP) is 3.14. The van der Waals surface area contributed by atoms with Crippen molar-refractivity contribution >= 4 is 21.7 Å². The summed E-state index contributed by atoms with van der Waals surface area (Å²) in [4.78, 5) is 17.0. The Morgan fingerprint density at radius 3 is 2.54 bits per heavy atom. The van der Waals surface area contributed by atoms with E-state index in [1.807, 2.05) is 18.6 Å². The molecule has 0 unspecified atom stereocenters. The standard InChI is InChI=1S/C24H28FN5O6S/c1-14(2)17-9-16(25)10-18(15-6-7-26-20(8-15)34-4)22(17)27-23(31)29-37(32,33)21-11-19(30(3)28-21)24(35-5)12-36-13-24/h6-11,14H,12-13H2,1-5H3,(H2,27,29,31). The van der Waals surface area contributed by atoms with E-state index in [-0.39, 0.29) is 29.8 Å². The summed E-state index contributed by atoms with van der Waals surface area (Å²) in [5.41, 5.74) is 1.28. The Hall–Kier alpha value is -3.55. The number of carbonyl (C=O) groups excluding carboxylic acids is 1. The number of urea groups is 1. The minimum atomic E-state index is -4.36. The largest absolute Gasteiger partial charge is 0.481 e. The lowest BCUT2D eigenvalue weighted by atomic mass is 9.94. The molecule has 1 fully saturated rings. The molecule has 0 saturated carbocycles. The maximum absolute atomic E-state index is 14.6. The van der Waals surface area contributed by atoms with Crippen LogP contribution in [0.4, 0.5) is 14.9 Å². The number of hydrogen-bond donors (Lipinski definition) is 2. The highest BCUT2D eigenvalue weighted by Gasteiger charge is 2.44. The fourth-order valence-corrected chi connectivity index (χ4v) is 5.01. The monoisotopic (exact) mass is 533 g/mol. The molecular weight excluding hydrogens is 505 g/mol. The number of ether oxygens (including phenoxy) is 3. The zero-order valence-corrected chi connectivity index (χ0v) is 21.8. The van der Waals surface area contributed by atoms with E-state index in [1.54, 1.807) is 19.2 Å². The smallest absolute Gasteiger partial charge is 0.333 e. The van der Waals surface area contributed by atoms with Gasteiger partial charge in [-0.15, -0.1) is 0 Å². The van der Waals surface area contributed by atoms with E-state index in [0.717, 1.165) is 0 Å². The Balaban J connectivity index is 1.66. The molecule has 3 heterocycles. The predicted molar refractivity (Wildman–Crippen MR) is 132 cm³/mol. The number of aromatic nitrogens is 3. The summed E-state index contributed by atoms with van der Waals surface area (Å²) in [5, 5.41) is 6.30. The van der Waals surface area contributed by atoms with Gasteiger partial charge in [-0.2, -0.15) is 13.5 Å². The molecule has 198 valence electrons. The second kappa shape index (κ2) is 10.1. The van der Waals surface area contributed by atoms with E-state index < -0.39 is 27.5 Å². The minimum Gasteiger partial charge on any atom is -0.481 e. The van der Waals surface area contributed by atoms with Crippen LogP contribution in [0.3, 0.4) is 0 Å². The second-order valence-electron chi connectivity index (χ2n) is 8.90. The van der Waals surface area contributed by atoms with Crippen LogP contribution in [0.1, 0.15) is 31.0 Å². The number of amides is 2. The Morgan fingerprint density at radius 2 is 1.95 bits per heavy atom. The molecule has 1 saturated heterocycles. The summed E-state index contributed by atoms with van der Waals surface area (Å²) in [7, 11) is 0.171. The molecule has 2 aromatic heterocycles. The van der Waals surface area contributed by atoms with E-state index in [0.29, 0.717) is 28.3 Å². The van der Waals surface area contributed by atoms with Crippen molar-refractivity contribution in [2.45, 2.75) is 30.4 Å². The zero-order chi connectivity index (χ0) is 27.0. The van der Waals surface area contributed by atoms with Gasteiger partial charge in [-0.25, -0.2) is 18.9 Å². The van der Waals surface area contributed by atoms with E-state index in [1.165, 1.54) is 43.3 Å². The molecule has 0 aliphatic carbocycles. The summed E-state index contributed by atoms with van der Waals surface area (Å²) in [6.45, 7) is 4.16. The highest BCUT2D eigenvalue weighted by Crippen LogP contribution is 2.37. The van der Waals surface area contributed by atoms with Crippen LogP contribution < -0.4 is 14.8 Å². The van der Waals surface area contributed by atoms with Gasteiger partial charge in [-0.3, -0.25) is 4.68 Å². The molecule has 13 heteroatoms. The Labute approximate surface area is 214 Å². The number of carbonyl (C=O) groups is 1. The van der Waals surface area contributed by atoms with Crippen molar-refractivity contribution in [2.75, 3.05) is 32.8 Å². The number of rotatable bonds is 8. The maximum Gasteiger partial charge on any atom is 0.333 e. The average Bonchev–Trinajstić information content (AvgIpc) is 3.22. The van der Waals surface area contributed by atoms with Gasteiger partial charge in [0, 0.05) is 38.1 Å². The summed E-state index contributed by atoms with van der Waals surface area (Å²) in [6.07, 6.45) is 1.49. The third-order valence-electron chi connectivity index (χ3n) is 6.14. The van der Waals surface area contributed by atoms with Gasteiger partial charge >= 0.3 is 6.03 Å². The Kier molecular flexibility index (Phi) is 7.22. The van der Waals surface area contributed by atoms with E-state index in [4.69, 9.17) is 14.2 Å². The molecule has 0 atom stereocenters. The first-order valence-corrected chi connectivity index (χ1v) is 12.8. The topological polar surface area (TPSA) is 134 Å². The van der Waals surface area contributed by atoms with Crippen LogP contribution in [-0.4, -0.2) is 56.6 Å². The molecule has 1 aromatic carbocycles. The highest BCUT2D eigenvalue weighted by atomic mass is 32.2. The van der Waals surface area contributed by atoms with Crippen molar-refractivity contribution in [1.82, 2.24) is 19.5 Å². The van der Waals surface area contributed by atoms with Crippen molar-refractivity contribution in [1.29, 1.82) is 0 Å². The SMILES string of the molecule is COc1cc(-c2cc(F)cc(C(C)C)c2NC(=O)NS(=O)(=O)c2cc(C3(OC)COC3)n(C)n2)ccn1. The quantitative estimate of drug-likeness (QED) is 0.451. The number of anilines is 1. The number of hydrogen-bond acceptors (Lipinski definition) is 8. The molecule has 0 spiro atoms. The van der Waals surface area contributed by atoms with E-state index in [2.05, 4.69) is 15.4 Å². The van der Waals surface area contributed by atoms with Crippen molar-refractivity contribution < 1.29 is 31.8 Å². The number of methoxy groups -OCH3 is 2. The summed E-state index contributed by atoms with van der Waals surface area (Å²) >= 11 is 0. The molecule has 1 aliphatic heterocycles. The normalized spacial score (nSPS) is 14.8. The molecule has 1 aliphatic rings. The Morgan fingerprint density at radius 1 is 1.22 bits per heavy atom. The van der Waals surface area contributed by atoms with Gasteiger partial charge < -0.3 is 19.5 Å². The molecule has 2 N–H and O–H groups in total. The molecule has 37 heavy (non-hydrogen) atoms. The lowest BCUT2D eigenvalue weighted by Crippen LogP contribution is -2.49. The van der Waals surface area contributed by atoms with Gasteiger partial charge in [0.15, 0.2) is 10.6 Å². The van der Waals surface area contributed by atoms with Crippen LogP contribution >= 0.6 is 0 Å². The van der Waals surface area contributed by atoms with Crippen LogP contribution in [0.15, 0.2) is 41.6 Å². The van der Waals surface area contributed by atoms with Crippen molar-refractivity contribution in [3.05, 3.63) is 53.6 Å². The number of aryl methyl sites for hydroxylation is 1. The molecular formula is C24H28FN5O6S. The van der Waals surface area contributed by atoms with Gasteiger partial charge in [-0.05, 0) is 35.2 Å². The van der Waals surface area contributed by atoms with Gasteiger partial charge in [0.2, 0.25) is 5.88 Å². The number of sulfonamides is 1. The molecule has 4 rings (SSSR count). The molecule has 2 amide bonds. The first kappa shape index (κ1) is 26.5. The lowest BCUT2D eigenvalue weighted by Gasteiger charge is -2.39. The Bertz CT molecular complexity index is 1430. The van der Waals surface area contributed by atoms with Gasteiger partial charge in [0.05, 0.1) is 31.7 Å². The maximum atomic E-state index is 14.6. The van der Waals surface area contributed by atoms with Crippen molar-refractivity contribution in [3.63, 3.8) is 0 Å². The van der Waals surface area contributed by atoms with Crippen LogP contribution in [0.5, 0.6) is 5.88 Å². The van der Waals surface area contributed by atoms with Crippen LogP contribution in [0.25, 0.3) is 11.1 Å². The van der Waals surface area contributed by atoms with Gasteiger partial charge in [-0.1, -0.05) is 13.8 Å². The second-order valence-corrected chi connectivity index (χ2v) is 10.5. The van der Waals surface area contributed by atoms with Gasteiger partial charge in [0.1, 0.15) is 5.82 Å². The van der Waals surface area contributed by atoms with Crippen LogP contribution in [0.2, 0.25) is 0 Å². The molecule has 11 nitrogen and oxygen atoms in total. The zero-order valence-electron chi connectivity index (χ0n) is 21.0. The number of halogens is 1. The van der Waals surface area contributed by atoms with Crippen LogP contribution in [0, 0.1) is 5.82 Å². The first-order valence-electron chi connectivity index (χ1n) is 11.3. The summed E-state index contributed by atoms with van der Waals surface area (Å²) < 4.78 is 59.9. The van der Waals surface area contributed by atoms with E-state index in [9.17, 15) is 17.6 Å².